The summed E-state index contributed by atoms with van der Waals surface area (Å²) in [5.74, 6) is -3.15. The molecule has 2 aromatic carbocycles. The van der Waals surface area contributed by atoms with Gasteiger partial charge in [-0.25, -0.2) is 13.6 Å². The number of rotatable bonds is 3. The van der Waals surface area contributed by atoms with Crippen LogP contribution in [0.25, 0.3) is 0 Å². The van der Waals surface area contributed by atoms with Gasteiger partial charge in [0.2, 0.25) is 5.60 Å². The molecule has 7 heteroatoms. The summed E-state index contributed by atoms with van der Waals surface area (Å²) >= 11 is 11.2. The number of aliphatic carboxylic acids is 1. The van der Waals surface area contributed by atoms with Crippen LogP contribution in [0.4, 0.5) is 8.78 Å². The molecular formula is C14H8Cl2F2O3. The molecule has 0 radical (unpaired) electrons. The highest BCUT2D eigenvalue weighted by Crippen LogP contribution is 2.34. The van der Waals surface area contributed by atoms with E-state index in [9.17, 15) is 23.8 Å². The molecule has 0 aromatic heterocycles. The van der Waals surface area contributed by atoms with Crippen molar-refractivity contribution >= 4 is 29.2 Å². The molecule has 0 atom stereocenters. The van der Waals surface area contributed by atoms with Crippen LogP contribution in [0.3, 0.4) is 0 Å². The van der Waals surface area contributed by atoms with Crippen LogP contribution < -0.4 is 0 Å². The summed E-state index contributed by atoms with van der Waals surface area (Å²) in [6.45, 7) is 0. The molecule has 110 valence electrons. The molecule has 2 N–H and O–H groups in total. The Hall–Kier alpha value is -1.69. The maximum absolute atomic E-state index is 13.2. The van der Waals surface area contributed by atoms with Gasteiger partial charge in [-0.1, -0.05) is 35.3 Å². The number of carbonyl (C=O) groups is 1. The van der Waals surface area contributed by atoms with E-state index < -0.39 is 23.2 Å². The number of carboxylic acid groups (broad SMARTS) is 1. The molecule has 0 heterocycles. The van der Waals surface area contributed by atoms with E-state index in [0.29, 0.717) is 0 Å². The lowest BCUT2D eigenvalue weighted by molar-refractivity contribution is -0.155. The quantitative estimate of drug-likeness (QED) is 0.902. The number of aliphatic hydroxyl groups is 1. The van der Waals surface area contributed by atoms with Gasteiger partial charge in [0.05, 0.1) is 10.0 Å². The first-order chi connectivity index (χ1) is 9.76. The van der Waals surface area contributed by atoms with Gasteiger partial charge in [-0.2, -0.15) is 0 Å². The molecule has 0 spiro atoms. The van der Waals surface area contributed by atoms with Crippen molar-refractivity contribution in [3.05, 3.63) is 69.2 Å². The lowest BCUT2D eigenvalue weighted by Crippen LogP contribution is -2.37. The molecule has 0 aliphatic carbocycles. The van der Waals surface area contributed by atoms with E-state index in [4.69, 9.17) is 23.2 Å². The molecule has 2 rings (SSSR count). The van der Waals surface area contributed by atoms with Crippen LogP contribution in [0.5, 0.6) is 0 Å². The largest absolute Gasteiger partial charge is 0.479 e. The van der Waals surface area contributed by atoms with Crippen molar-refractivity contribution in [2.75, 3.05) is 0 Å². The van der Waals surface area contributed by atoms with Crippen molar-refractivity contribution < 1.29 is 23.8 Å². The second kappa shape index (κ2) is 5.60. The maximum atomic E-state index is 13.2. The summed E-state index contributed by atoms with van der Waals surface area (Å²) in [6.07, 6.45) is 0. The van der Waals surface area contributed by atoms with Gasteiger partial charge in [0.1, 0.15) is 11.6 Å². The Kier molecular flexibility index (Phi) is 4.18. The first-order valence-corrected chi connectivity index (χ1v) is 6.39. The van der Waals surface area contributed by atoms with Crippen molar-refractivity contribution in [1.82, 2.24) is 0 Å². The fourth-order valence-corrected chi connectivity index (χ4v) is 2.22. The van der Waals surface area contributed by atoms with Crippen LogP contribution in [0, 0.1) is 11.6 Å². The van der Waals surface area contributed by atoms with E-state index >= 15 is 0 Å². The summed E-state index contributed by atoms with van der Waals surface area (Å²) in [6, 6.07) is 5.98. The van der Waals surface area contributed by atoms with E-state index in [1.54, 1.807) is 0 Å². The van der Waals surface area contributed by atoms with Gasteiger partial charge in [-0.05, 0) is 24.3 Å². The number of hydrogen-bond acceptors (Lipinski definition) is 2. The minimum atomic E-state index is -2.53. The van der Waals surface area contributed by atoms with Gasteiger partial charge in [-0.3, -0.25) is 0 Å². The van der Waals surface area contributed by atoms with Crippen molar-refractivity contribution in [2.24, 2.45) is 0 Å². The van der Waals surface area contributed by atoms with Gasteiger partial charge in [0, 0.05) is 11.1 Å². The van der Waals surface area contributed by atoms with E-state index in [2.05, 4.69) is 0 Å². The summed E-state index contributed by atoms with van der Waals surface area (Å²) in [5, 5.41) is 19.1. The first kappa shape index (κ1) is 15.7. The Bertz CT molecular complexity index is 668. The Morgan fingerprint density at radius 3 is 1.62 bits per heavy atom. The van der Waals surface area contributed by atoms with Gasteiger partial charge in [0.15, 0.2) is 0 Å². The standard InChI is InChI=1S/C14H8Cl2F2O3/c15-9-5-7(1-3-11(9)17)14(21,13(19)20)8-2-4-12(18)10(16)6-8/h1-6,21H,(H,19,20). The Morgan fingerprint density at radius 1 is 0.952 bits per heavy atom. The van der Waals surface area contributed by atoms with Crippen LogP contribution in [-0.2, 0) is 10.4 Å². The number of halogens is 4. The molecular weight excluding hydrogens is 325 g/mol. The highest BCUT2D eigenvalue weighted by atomic mass is 35.5. The lowest BCUT2D eigenvalue weighted by Gasteiger charge is -2.25. The molecule has 0 bridgehead atoms. The average molecular weight is 333 g/mol. The van der Waals surface area contributed by atoms with Crippen molar-refractivity contribution in [3.8, 4) is 0 Å². The molecule has 0 saturated carbocycles. The molecule has 0 aliphatic heterocycles. The van der Waals surface area contributed by atoms with Crippen LogP contribution in [0.1, 0.15) is 11.1 Å². The predicted octanol–water partition coefficient (Wildman–Crippen LogP) is 3.59. The van der Waals surface area contributed by atoms with E-state index in [0.717, 1.165) is 36.4 Å². The monoisotopic (exact) mass is 332 g/mol. The zero-order valence-electron chi connectivity index (χ0n) is 10.3. The normalized spacial score (nSPS) is 11.5. The lowest BCUT2D eigenvalue weighted by atomic mass is 9.86. The molecule has 3 nitrogen and oxygen atoms in total. The highest BCUT2D eigenvalue weighted by molar-refractivity contribution is 6.31. The molecule has 21 heavy (non-hydrogen) atoms. The van der Waals surface area contributed by atoms with Crippen LogP contribution >= 0.6 is 23.2 Å². The molecule has 0 unspecified atom stereocenters. The fraction of sp³-hybridized carbons (Fsp3) is 0.0714. The molecule has 2 aromatic rings. The summed E-state index contributed by atoms with van der Waals surface area (Å²) < 4.78 is 26.4. The van der Waals surface area contributed by atoms with E-state index in [1.165, 1.54) is 0 Å². The van der Waals surface area contributed by atoms with Crippen LogP contribution in [-0.4, -0.2) is 16.2 Å². The number of benzene rings is 2. The molecule has 0 aliphatic rings. The average Bonchev–Trinajstić information content (AvgIpc) is 2.43. The third-order valence-electron chi connectivity index (χ3n) is 2.98. The zero-order chi connectivity index (χ0) is 15.8. The number of hydrogen-bond donors (Lipinski definition) is 2. The first-order valence-electron chi connectivity index (χ1n) is 5.63. The highest BCUT2D eigenvalue weighted by Gasteiger charge is 2.41. The number of carboxylic acids is 1. The second-order valence-electron chi connectivity index (χ2n) is 4.27. The predicted molar refractivity (Wildman–Crippen MR) is 73.5 cm³/mol. The summed E-state index contributed by atoms with van der Waals surface area (Å²) in [5.41, 5.74) is -2.89. The third-order valence-corrected chi connectivity index (χ3v) is 3.56. The van der Waals surface area contributed by atoms with Gasteiger partial charge < -0.3 is 10.2 Å². The minimum absolute atomic E-state index is 0.177. The second-order valence-corrected chi connectivity index (χ2v) is 5.09. The van der Waals surface area contributed by atoms with E-state index in [1.807, 2.05) is 0 Å². The zero-order valence-corrected chi connectivity index (χ0v) is 11.8. The Balaban J connectivity index is 2.67. The van der Waals surface area contributed by atoms with Crippen molar-refractivity contribution in [2.45, 2.75) is 5.60 Å². The van der Waals surface area contributed by atoms with Gasteiger partial charge >= 0.3 is 5.97 Å². The Labute approximate surface area is 128 Å². The van der Waals surface area contributed by atoms with E-state index in [-0.39, 0.29) is 21.2 Å². The molecule has 0 amide bonds. The fourth-order valence-electron chi connectivity index (χ4n) is 1.86. The Morgan fingerprint density at radius 2 is 1.33 bits per heavy atom. The van der Waals surface area contributed by atoms with Gasteiger partial charge in [0.25, 0.3) is 0 Å². The maximum Gasteiger partial charge on any atom is 0.345 e. The molecule has 0 saturated heterocycles. The van der Waals surface area contributed by atoms with Gasteiger partial charge in [-0.15, -0.1) is 0 Å². The smallest absolute Gasteiger partial charge is 0.345 e. The third kappa shape index (κ3) is 2.72. The van der Waals surface area contributed by atoms with Crippen LogP contribution in [0.15, 0.2) is 36.4 Å². The van der Waals surface area contributed by atoms with Crippen molar-refractivity contribution in [1.29, 1.82) is 0 Å². The molecule has 0 fully saturated rings. The summed E-state index contributed by atoms with van der Waals surface area (Å²) in [4.78, 5) is 11.5. The topological polar surface area (TPSA) is 57.5 Å². The summed E-state index contributed by atoms with van der Waals surface area (Å²) in [7, 11) is 0. The van der Waals surface area contributed by atoms with Crippen LogP contribution in [0.2, 0.25) is 10.0 Å². The van der Waals surface area contributed by atoms with Crippen molar-refractivity contribution in [3.63, 3.8) is 0 Å². The SMILES string of the molecule is O=C(O)C(O)(c1ccc(F)c(Cl)c1)c1ccc(F)c(Cl)c1. The minimum Gasteiger partial charge on any atom is -0.479 e.